The lowest BCUT2D eigenvalue weighted by Gasteiger charge is -2.16. The number of nitrogen functional groups attached to an aromatic ring is 1. The fraction of sp³-hybridized carbons (Fsp3) is 0.158. The van der Waals surface area contributed by atoms with Crippen LogP contribution in [0.4, 0.5) is 20.7 Å². The first-order valence-electron chi connectivity index (χ1n) is 8.23. The van der Waals surface area contributed by atoms with Crippen LogP contribution in [-0.4, -0.2) is 34.3 Å². The first kappa shape index (κ1) is 17.5. The van der Waals surface area contributed by atoms with Gasteiger partial charge in [-0.3, -0.25) is 0 Å². The SMILES string of the molecule is CCN(C)C(=O)Nc1c(-c2ccccc2)nn(-c2ccc(F)cc2)c1N. The molecule has 0 fully saturated rings. The van der Waals surface area contributed by atoms with E-state index in [9.17, 15) is 9.18 Å². The number of halogens is 1. The molecule has 0 radical (unpaired) electrons. The predicted octanol–water partition coefficient (Wildman–Crippen LogP) is 3.74. The second-order valence-corrected chi connectivity index (χ2v) is 5.81. The zero-order valence-electron chi connectivity index (χ0n) is 14.6. The number of nitrogens with zero attached hydrogens (tertiary/aromatic N) is 3. The van der Waals surface area contributed by atoms with E-state index in [1.165, 1.54) is 21.7 Å². The first-order chi connectivity index (χ1) is 12.5. The number of amides is 2. The molecule has 134 valence electrons. The van der Waals surface area contributed by atoms with Crippen LogP contribution >= 0.6 is 0 Å². The zero-order valence-corrected chi connectivity index (χ0v) is 14.6. The minimum atomic E-state index is -0.346. The Balaban J connectivity index is 2.11. The Hall–Kier alpha value is -3.35. The van der Waals surface area contributed by atoms with Crippen molar-refractivity contribution in [1.29, 1.82) is 0 Å². The summed E-state index contributed by atoms with van der Waals surface area (Å²) in [5.41, 5.74) is 8.66. The van der Waals surface area contributed by atoms with Gasteiger partial charge in [0.15, 0.2) is 5.82 Å². The van der Waals surface area contributed by atoms with Crippen LogP contribution in [0.5, 0.6) is 0 Å². The Kier molecular flexibility index (Phi) is 4.88. The van der Waals surface area contributed by atoms with E-state index in [4.69, 9.17) is 5.73 Å². The molecule has 2 amide bonds. The second-order valence-electron chi connectivity index (χ2n) is 5.81. The Morgan fingerprint density at radius 2 is 1.85 bits per heavy atom. The van der Waals surface area contributed by atoms with Crippen molar-refractivity contribution in [3.63, 3.8) is 0 Å². The van der Waals surface area contributed by atoms with Crippen LogP contribution in [0.1, 0.15) is 6.92 Å². The van der Waals surface area contributed by atoms with Gasteiger partial charge >= 0.3 is 6.03 Å². The standard InChI is InChI=1S/C19H20FN5O/c1-3-24(2)19(26)22-17-16(13-7-5-4-6-8-13)23-25(18(17)21)15-11-9-14(20)10-12-15/h4-12H,3,21H2,1-2H3,(H,22,26). The van der Waals surface area contributed by atoms with E-state index in [-0.39, 0.29) is 17.7 Å². The fourth-order valence-electron chi connectivity index (χ4n) is 2.48. The zero-order chi connectivity index (χ0) is 18.7. The monoisotopic (exact) mass is 353 g/mol. The molecule has 3 N–H and O–H groups in total. The number of urea groups is 1. The molecule has 1 aromatic heterocycles. The lowest BCUT2D eigenvalue weighted by Crippen LogP contribution is -2.31. The molecular formula is C19H20FN5O. The van der Waals surface area contributed by atoms with Crippen LogP contribution in [0, 0.1) is 5.82 Å². The van der Waals surface area contributed by atoms with Gasteiger partial charge in [0.2, 0.25) is 0 Å². The molecule has 6 nitrogen and oxygen atoms in total. The van der Waals surface area contributed by atoms with Gasteiger partial charge in [0.05, 0.1) is 5.69 Å². The highest BCUT2D eigenvalue weighted by molar-refractivity contribution is 5.97. The van der Waals surface area contributed by atoms with Crippen molar-refractivity contribution in [3.8, 4) is 16.9 Å². The van der Waals surface area contributed by atoms with Gasteiger partial charge in [0.1, 0.15) is 17.2 Å². The average molecular weight is 353 g/mol. The second kappa shape index (κ2) is 7.26. The third-order valence-corrected chi connectivity index (χ3v) is 4.09. The van der Waals surface area contributed by atoms with Crippen molar-refractivity contribution in [2.24, 2.45) is 0 Å². The molecule has 0 spiro atoms. The number of carbonyl (C=O) groups excluding carboxylic acids is 1. The van der Waals surface area contributed by atoms with Crippen molar-refractivity contribution < 1.29 is 9.18 Å². The molecule has 0 bridgehead atoms. The highest BCUT2D eigenvalue weighted by atomic mass is 19.1. The Morgan fingerprint density at radius 1 is 1.19 bits per heavy atom. The molecule has 0 aliphatic rings. The third kappa shape index (κ3) is 3.37. The molecule has 3 rings (SSSR count). The van der Waals surface area contributed by atoms with E-state index >= 15 is 0 Å². The summed E-state index contributed by atoms with van der Waals surface area (Å²) in [6.07, 6.45) is 0. The quantitative estimate of drug-likeness (QED) is 0.750. The van der Waals surface area contributed by atoms with Crippen molar-refractivity contribution in [2.75, 3.05) is 24.6 Å². The smallest absolute Gasteiger partial charge is 0.321 e. The number of rotatable bonds is 4. The van der Waals surface area contributed by atoms with Gasteiger partial charge in [-0.1, -0.05) is 30.3 Å². The van der Waals surface area contributed by atoms with Gasteiger partial charge in [-0.2, -0.15) is 5.10 Å². The summed E-state index contributed by atoms with van der Waals surface area (Å²) in [5, 5.41) is 7.39. The summed E-state index contributed by atoms with van der Waals surface area (Å²) in [4.78, 5) is 13.9. The molecule has 0 aliphatic heterocycles. The van der Waals surface area contributed by atoms with E-state index in [0.29, 0.717) is 23.6 Å². The van der Waals surface area contributed by atoms with Crippen LogP contribution in [0.2, 0.25) is 0 Å². The average Bonchev–Trinajstić information content (AvgIpc) is 2.99. The number of hydrogen-bond acceptors (Lipinski definition) is 3. The van der Waals surface area contributed by atoms with Crippen LogP contribution in [0.3, 0.4) is 0 Å². The molecule has 3 aromatic rings. The number of anilines is 2. The van der Waals surface area contributed by atoms with E-state index in [1.807, 2.05) is 37.3 Å². The maximum absolute atomic E-state index is 13.2. The minimum absolute atomic E-state index is 0.272. The number of aromatic nitrogens is 2. The molecule has 0 saturated heterocycles. The highest BCUT2D eigenvalue weighted by Crippen LogP contribution is 2.34. The van der Waals surface area contributed by atoms with E-state index in [0.717, 1.165) is 5.56 Å². The Bertz CT molecular complexity index is 906. The van der Waals surface area contributed by atoms with E-state index in [1.54, 1.807) is 19.2 Å². The molecule has 0 unspecified atom stereocenters. The van der Waals surface area contributed by atoms with Gasteiger partial charge in [-0.15, -0.1) is 0 Å². The summed E-state index contributed by atoms with van der Waals surface area (Å²) in [7, 11) is 1.69. The van der Waals surface area contributed by atoms with Gasteiger partial charge in [0.25, 0.3) is 0 Å². The molecular weight excluding hydrogens is 333 g/mol. The molecule has 26 heavy (non-hydrogen) atoms. The highest BCUT2D eigenvalue weighted by Gasteiger charge is 2.21. The fourth-order valence-corrected chi connectivity index (χ4v) is 2.48. The Labute approximate surface area is 151 Å². The van der Waals surface area contributed by atoms with Crippen molar-refractivity contribution in [2.45, 2.75) is 6.92 Å². The maximum Gasteiger partial charge on any atom is 0.321 e. The van der Waals surface area contributed by atoms with Gasteiger partial charge in [-0.05, 0) is 31.2 Å². The van der Waals surface area contributed by atoms with Crippen LogP contribution < -0.4 is 11.1 Å². The largest absolute Gasteiger partial charge is 0.382 e. The lowest BCUT2D eigenvalue weighted by atomic mass is 10.1. The van der Waals surface area contributed by atoms with E-state index < -0.39 is 0 Å². The van der Waals surface area contributed by atoms with Crippen molar-refractivity contribution >= 4 is 17.5 Å². The summed E-state index contributed by atoms with van der Waals surface area (Å²) < 4.78 is 14.7. The maximum atomic E-state index is 13.2. The number of hydrogen-bond donors (Lipinski definition) is 2. The number of carbonyl (C=O) groups is 1. The molecule has 7 heteroatoms. The molecule has 0 atom stereocenters. The molecule has 2 aromatic carbocycles. The molecule has 0 aliphatic carbocycles. The summed E-state index contributed by atoms with van der Waals surface area (Å²) in [5.74, 6) is -0.0748. The third-order valence-electron chi connectivity index (χ3n) is 4.09. The van der Waals surface area contributed by atoms with E-state index in [2.05, 4.69) is 10.4 Å². The van der Waals surface area contributed by atoms with Gasteiger partial charge in [0, 0.05) is 19.2 Å². The predicted molar refractivity (Wildman–Crippen MR) is 101 cm³/mol. The number of nitrogens with one attached hydrogen (secondary N) is 1. The van der Waals surface area contributed by atoms with Gasteiger partial charge < -0.3 is 16.0 Å². The summed E-state index contributed by atoms with van der Waals surface area (Å²) in [6.45, 7) is 2.43. The summed E-state index contributed by atoms with van der Waals surface area (Å²) in [6, 6.07) is 15.0. The molecule has 0 saturated carbocycles. The normalized spacial score (nSPS) is 10.6. The Morgan fingerprint density at radius 3 is 2.46 bits per heavy atom. The molecule has 1 heterocycles. The van der Waals surface area contributed by atoms with Crippen molar-refractivity contribution in [3.05, 3.63) is 60.4 Å². The van der Waals surface area contributed by atoms with Crippen LogP contribution in [0.15, 0.2) is 54.6 Å². The number of nitrogens with two attached hydrogens (primary N) is 1. The van der Waals surface area contributed by atoms with Gasteiger partial charge in [-0.25, -0.2) is 13.9 Å². The minimum Gasteiger partial charge on any atom is -0.382 e. The first-order valence-corrected chi connectivity index (χ1v) is 8.23. The number of benzene rings is 2. The van der Waals surface area contributed by atoms with Crippen LogP contribution in [0.25, 0.3) is 16.9 Å². The lowest BCUT2D eigenvalue weighted by molar-refractivity contribution is 0.224. The van der Waals surface area contributed by atoms with Crippen molar-refractivity contribution in [1.82, 2.24) is 14.7 Å². The van der Waals surface area contributed by atoms with Crippen LogP contribution in [-0.2, 0) is 0 Å². The summed E-state index contributed by atoms with van der Waals surface area (Å²) >= 11 is 0. The topological polar surface area (TPSA) is 76.2 Å².